The predicted octanol–water partition coefficient (Wildman–Crippen LogP) is 1.06. The van der Waals surface area contributed by atoms with E-state index < -0.39 is 5.91 Å². The predicted molar refractivity (Wildman–Crippen MR) is 61.0 cm³/mol. The molecule has 15 heavy (non-hydrogen) atoms. The molecule has 0 bridgehead atoms. The first kappa shape index (κ1) is 11.7. The van der Waals surface area contributed by atoms with Gasteiger partial charge in [-0.1, -0.05) is 29.3 Å². The molecular weight excluding hydrogens is 237 g/mol. The Morgan fingerprint density at radius 2 is 1.53 bits per heavy atom. The van der Waals surface area contributed by atoms with E-state index in [0.717, 1.165) is 0 Å². The van der Waals surface area contributed by atoms with Crippen molar-refractivity contribution in [2.75, 3.05) is 0 Å². The van der Waals surface area contributed by atoms with Crippen molar-refractivity contribution in [1.29, 1.82) is 0 Å². The molecule has 1 aromatic rings. The van der Waals surface area contributed by atoms with Crippen LogP contribution in [-0.2, 0) is 4.79 Å². The molecular formula is C9H9Cl2N3O. The number of primary amides is 1. The van der Waals surface area contributed by atoms with Crippen molar-refractivity contribution in [1.82, 2.24) is 0 Å². The molecule has 0 aromatic heterocycles. The zero-order valence-electron chi connectivity index (χ0n) is 7.63. The first-order valence-corrected chi connectivity index (χ1v) is 4.70. The monoisotopic (exact) mass is 245 g/mol. The average molecular weight is 246 g/mol. The third-order valence-corrected chi connectivity index (χ3v) is 2.38. The first-order valence-electron chi connectivity index (χ1n) is 3.94. The summed E-state index contributed by atoms with van der Waals surface area (Å²) in [5.41, 5.74) is 16.0. The maximum Gasteiger partial charge on any atom is 0.253 e. The minimum absolute atomic E-state index is 0.0643. The number of rotatable bonds is 2. The van der Waals surface area contributed by atoms with Crippen molar-refractivity contribution in [3.63, 3.8) is 0 Å². The van der Waals surface area contributed by atoms with Crippen LogP contribution in [0.15, 0.2) is 24.0 Å². The van der Waals surface area contributed by atoms with Crippen molar-refractivity contribution in [2.45, 2.75) is 0 Å². The molecule has 0 unspecified atom stereocenters. The molecule has 0 aliphatic heterocycles. The van der Waals surface area contributed by atoms with Crippen LogP contribution in [0.1, 0.15) is 5.56 Å². The Hall–Kier alpha value is -1.39. The lowest BCUT2D eigenvalue weighted by Crippen LogP contribution is -2.22. The molecule has 0 saturated heterocycles. The van der Waals surface area contributed by atoms with Crippen LogP contribution in [0, 0.1) is 0 Å². The van der Waals surface area contributed by atoms with E-state index in [-0.39, 0.29) is 27.0 Å². The largest absolute Gasteiger partial charge is 0.385 e. The van der Waals surface area contributed by atoms with Crippen molar-refractivity contribution in [3.05, 3.63) is 39.6 Å². The summed E-state index contributed by atoms with van der Waals surface area (Å²) in [5.74, 6) is -0.984. The molecule has 6 heteroatoms. The van der Waals surface area contributed by atoms with Gasteiger partial charge in [0.15, 0.2) is 0 Å². The Morgan fingerprint density at radius 3 is 1.87 bits per heavy atom. The first-order chi connectivity index (χ1) is 6.95. The van der Waals surface area contributed by atoms with Gasteiger partial charge in [-0.05, 0) is 12.1 Å². The van der Waals surface area contributed by atoms with E-state index in [4.69, 9.17) is 40.4 Å². The maximum absolute atomic E-state index is 11.1. The zero-order valence-corrected chi connectivity index (χ0v) is 9.14. The van der Waals surface area contributed by atoms with E-state index in [2.05, 4.69) is 0 Å². The molecule has 0 spiro atoms. The van der Waals surface area contributed by atoms with Gasteiger partial charge in [0.25, 0.3) is 5.91 Å². The Kier molecular flexibility index (Phi) is 3.44. The number of benzene rings is 1. The summed E-state index contributed by atoms with van der Waals surface area (Å²) in [6, 6.07) is 4.77. The number of hydrogen-bond acceptors (Lipinski definition) is 3. The van der Waals surface area contributed by atoms with Crippen molar-refractivity contribution >= 4 is 34.7 Å². The lowest BCUT2D eigenvalue weighted by atomic mass is 10.1. The summed E-state index contributed by atoms with van der Waals surface area (Å²) in [7, 11) is 0. The second kappa shape index (κ2) is 4.42. The highest BCUT2D eigenvalue weighted by molar-refractivity contribution is 6.40. The number of amides is 1. The van der Waals surface area contributed by atoms with E-state index in [1.165, 1.54) is 0 Å². The molecule has 0 radical (unpaired) electrons. The quantitative estimate of drug-likeness (QED) is 0.681. The molecule has 0 saturated carbocycles. The Labute approximate surface area is 96.6 Å². The minimum atomic E-state index is -0.773. The molecule has 0 heterocycles. The van der Waals surface area contributed by atoms with Gasteiger partial charge in [-0.15, -0.1) is 0 Å². The Bertz CT molecular complexity index is 419. The molecule has 0 fully saturated rings. The summed E-state index contributed by atoms with van der Waals surface area (Å²) in [4.78, 5) is 11.1. The van der Waals surface area contributed by atoms with Crippen LogP contribution in [0.3, 0.4) is 0 Å². The van der Waals surface area contributed by atoms with Gasteiger partial charge in [0.2, 0.25) is 0 Å². The van der Waals surface area contributed by atoms with Gasteiger partial charge < -0.3 is 17.2 Å². The van der Waals surface area contributed by atoms with E-state index >= 15 is 0 Å². The van der Waals surface area contributed by atoms with Gasteiger partial charge in [-0.25, -0.2) is 0 Å². The van der Waals surface area contributed by atoms with Crippen molar-refractivity contribution < 1.29 is 4.79 Å². The van der Waals surface area contributed by atoms with Crippen LogP contribution < -0.4 is 17.2 Å². The lowest BCUT2D eigenvalue weighted by molar-refractivity contribution is -0.112. The fourth-order valence-corrected chi connectivity index (χ4v) is 1.73. The molecule has 0 atom stereocenters. The van der Waals surface area contributed by atoms with Gasteiger partial charge in [-0.2, -0.15) is 0 Å². The lowest BCUT2D eigenvalue weighted by Gasteiger charge is -2.09. The van der Waals surface area contributed by atoms with E-state index in [0.29, 0.717) is 0 Å². The fourth-order valence-electron chi connectivity index (χ4n) is 1.15. The second-order valence-electron chi connectivity index (χ2n) is 2.79. The summed E-state index contributed by atoms with van der Waals surface area (Å²) >= 11 is 11.7. The van der Waals surface area contributed by atoms with Gasteiger partial charge in [0, 0.05) is 5.56 Å². The van der Waals surface area contributed by atoms with Crippen LogP contribution >= 0.6 is 23.2 Å². The maximum atomic E-state index is 11.1. The SMILES string of the molecule is NC(=O)C(=C(N)N)c1c(Cl)cccc1Cl. The number of hydrogen-bond donors (Lipinski definition) is 3. The summed E-state index contributed by atoms with van der Waals surface area (Å²) in [5, 5.41) is 0.536. The normalized spacial score (nSPS) is 9.73. The number of carbonyl (C=O) groups is 1. The Morgan fingerprint density at radius 1 is 1.07 bits per heavy atom. The van der Waals surface area contributed by atoms with Crippen LogP contribution in [0.4, 0.5) is 0 Å². The molecule has 0 aliphatic carbocycles. The fraction of sp³-hybridized carbons (Fsp3) is 0. The summed E-state index contributed by atoms with van der Waals surface area (Å²) < 4.78 is 0. The van der Waals surface area contributed by atoms with Crippen molar-refractivity contribution in [3.8, 4) is 0 Å². The second-order valence-corrected chi connectivity index (χ2v) is 3.61. The number of carbonyl (C=O) groups excluding carboxylic acids is 1. The highest BCUT2D eigenvalue weighted by Gasteiger charge is 2.18. The van der Waals surface area contributed by atoms with Crippen LogP contribution in [0.25, 0.3) is 5.57 Å². The third-order valence-electron chi connectivity index (χ3n) is 1.75. The number of nitrogens with two attached hydrogens (primary N) is 3. The van der Waals surface area contributed by atoms with E-state index in [1.54, 1.807) is 18.2 Å². The standard InChI is InChI=1S/C9H9Cl2N3O/c10-4-2-1-3-5(11)6(4)7(8(12)13)9(14)15/h1-3H,12-13H2,(H2,14,15). The number of halogens is 2. The third kappa shape index (κ3) is 2.34. The van der Waals surface area contributed by atoms with Crippen molar-refractivity contribution in [2.24, 2.45) is 17.2 Å². The summed E-state index contributed by atoms with van der Waals surface area (Å²) in [6.07, 6.45) is 0. The van der Waals surface area contributed by atoms with Gasteiger partial charge >= 0.3 is 0 Å². The molecule has 1 aromatic carbocycles. The van der Waals surface area contributed by atoms with Gasteiger partial charge in [-0.3, -0.25) is 4.79 Å². The van der Waals surface area contributed by atoms with Crippen LogP contribution in [0.5, 0.6) is 0 Å². The van der Waals surface area contributed by atoms with E-state index in [1.807, 2.05) is 0 Å². The van der Waals surface area contributed by atoms with Gasteiger partial charge in [0.05, 0.1) is 15.6 Å². The minimum Gasteiger partial charge on any atom is -0.385 e. The molecule has 1 rings (SSSR count). The molecule has 6 N–H and O–H groups in total. The topological polar surface area (TPSA) is 95.1 Å². The average Bonchev–Trinajstić information content (AvgIpc) is 2.09. The highest BCUT2D eigenvalue weighted by atomic mass is 35.5. The van der Waals surface area contributed by atoms with Gasteiger partial charge in [0.1, 0.15) is 5.82 Å². The molecule has 0 aliphatic rings. The Balaban J connectivity index is 3.50. The zero-order chi connectivity index (χ0) is 11.6. The van der Waals surface area contributed by atoms with E-state index in [9.17, 15) is 4.79 Å². The summed E-state index contributed by atoms with van der Waals surface area (Å²) in [6.45, 7) is 0. The van der Waals surface area contributed by atoms with Crippen LogP contribution in [-0.4, -0.2) is 5.91 Å². The molecule has 80 valence electrons. The molecule has 1 amide bonds. The highest BCUT2D eigenvalue weighted by Crippen LogP contribution is 2.31. The smallest absolute Gasteiger partial charge is 0.253 e. The van der Waals surface area contributed by atoms with Crippen LogP contribution in [0.2, 0.25) is 10.0 Å². The molecule has 4 nitrogen and oxygen atoms in total.